The Balaban J connectivity index is 1.88. The van der Waals surface area contributed by atoms with Crippen LogP contribution in [0.3, 0.4) is 0 Å². The molecule has 0 amide bonds. The summed E-state index contributed by atoms with van der Waals surface area (Å²) in [5, 5.41) is 0. The highest BCUT2D eigenvalue weighted by Crippen LogP contribution is 2.30. The van der Waals surface area contributed by atoms with Gasteiger partial charge in [-0.2, -0.15) is 0 Å². The fraction of sp³-hybridized carbons (Fsp3) is 0.364. The molecule has 152 valence electrons. The van der Waals surface area contributed by atoms with E-state index in [0.717, 1.165) is 46.9 Å². The lowest BCUT2D eigenvalue weighted by atomic mass is 10.0. The highest BCUT2D eigenvalue weighted by Gasteiger charge is 2.23. The van der Waals surface area contributed by atoms with Gasteiger partial charge in [-0.25, -0.2) is 9.78 Å². The lowest BCUT2D eigenvalue weighted by Crippen LogP contribution is -2.35. The molecule has 0 aliphatic carbocycles. The minimum atomic E-state index is -0.322. The van der Waals surface area contributed by atoms with E-state index in [1.807, 2.05) is 39.1 Å². The number of nitrogens with zero attached hydrogens (tertiary/aromatic N) is 3. The molecule has 1 N–H and O–H groups in total. The SMILES string of the molecule is C=C(c1c(C)c(C(=O)OC(C)C)cc2cc(-c3ncc[nH]3)cn12)N1CCOCC1. The normalized spacial score (nSPS) is 14.6. The lowest BCUT2D eigenvalue weighted by molar-refractivity contribution is 0.0377. The Morgan fingerprint density at radius 1 is 1.31 bits per heavy atom. The van der Waals surface area contributed by atoms with Gasteiger partial charge in [0.15, 0.2) is 0 Å². The minimum absolute atomic E-state index is 0.186. The zero-order chi connectivity index (χ0) is 20.5. The van der Waals surface area contributed by atoms with Crippen LogP contribution in [0, 0.1) is 6.92 Å². The van der Waals surface area contributed by atoms with Gasteiger partial charge in [0, 0.05) is 42.8 Å². The number of carbonyl (C=O) groups excluding carboxylic acids is 1. The largest absolute Gasteiger partial charge is 0.459 e. The topological polar surface area (TPSA) is 71.9 Å². The molecule has 4 rings (SSSR count). The molecule has 1 saturated heterocycles. The van der Waals surface area contributed by atoms with Crippen LogP contribution >= 0.6 is 0 Å². The number of nitrogens with one attached hydrogen (secondary N) is 1. The minimum Gasteiger partial charge on any atom is -0.459 e. The molecule has 7 nitrogen and oxygen atoms in total. The Hall–Kier alpha value is -3.06. The van der Waals surface area contributed by atoms with Crippen LogP contribution in [0.1, 0.15) is 35.5 Å². The molecule has 29 heavy (non-hydrogen) atoms. The van der Waals surface area contributed by atoms with Gasteiger partial charge >= 0.3 is 5.97 Å². The van der Waals surface area contributed by atoms with Gasteiger partial charge in [0.05, 0.1) is 36.3 Å². The highest BCUT2D eigenvalue weighted by molar-refractivity contribution is 5.94. The Morgan fingerprint density at radius 2 is 2.07 bits per heavy atom. The third-order valence-corrected chi connectivity index (χ3v) is 5.14. The maximum atomic E-state index is 12.8. The number of morpholine rings is 1. The molecule has 0 bridgehead atoms. The van der Waals surface area contributed by atoms with Crippen LogP contribution in [0.4, 0.5) is 0 Å². The number of aromatic nitrogens is 3. The fourth-order valence-corrected chi connectivity index (χ4v) is 3.73. The zero-order valence-electron chi connectivity index (χ0n) is 17.1. The van der Waals surface area contributed by atoms with E-state index in [9.17, 15) is 4.79 Å². The van der Waals surface area contributed by atoms with Crippen molar-refractivity contribution in [2.45, 2.75) is 26.9 Å². The summed E-state index contributed by atoms with van der Waals surface area (Å²) in [6.45, 7) is 12.9. The van der Waals surface area contributed by atoms with Crippen molar-refractivity contribution in [1.29, 1.82) is 0 Å². The Morgan fingerprint density at radius 3 is 2.72 bits per heavy atom. The van der Waals surface area contributed by atoms with Crippen LogP contribution < -0.4 is 0 Å². The number of hydrogen-bond acceptors (Lipinski definition) is 5. The molecule has 0 saturated carbocycles. The molecule has 3 aromatic rings. The van der Waals surface area contributed by atoms with Crippen molar-refractivity contribution in [1.82, 2.24) is 19.3 Å². The van der Waals surface area contributed by atoms with E-state index in [4.69, 9.17) is 9.47 Å². The van der Waals surface area contributed by atoms with Crippen LogP contribution in [0.2, 0.25) is 0 Å². The zero-order valence-corrected chi connectivity index (χ0v) is 17.1. The summed E-state index contributed by atoms with van der Waals surface area (Å²) in [4.78, 5) is 22.5. The quantitative estimate of drug-likeness (QED) is 0.671. The van der Waals surface area contributed by atoms with Gasteiger partial charge in [-0.05, 0) is 38.5 Å². The van der Waals surface area contributed by atoms with Gasteiger partial charge in [0.25, 0.3) is 0 Å². The maximum absolute atomic E-state index is 12.8. The predicted molar refractivity (Wildman–Crippen MR) is 112 cm³/mol. The molecule has 4 heterocycles. The Kier molecular flexibility index (Phi) is 5.15. The van der Waals surface area contributed by atoms with Gasteiger partial charge in [0.2, 0.25) is 0 Å². The van der Waals surface area contributed by atoms with Crippen LogP contribution in [0.25, 0.3) is 22.6 Å². The van der Waals surface area contributed by atoms with Crippen molar-refractivity contribution in [2.24, 2.45) is 0 Å². The number of H-pyrrole nitrogens is 1. The Bertz CT molecular complexity index is 1040. The molecule has 0 unspecified atom stereocenters. The van der Waals surface area contributed by atoms with E-state index in [1.165, 1.54) is 0 Å². The average Bonchev–Trinajstić information content (AvgIpc) is 3.36. The molecular formula is C22H26N4O3. The summed E-state index contributed by atoms with van der Waals surface area (Å²) in [6, 6.07) is 3.89. The van der Waals surface area contributed by atoms with E-state index < -0.39 is 0 Å². The van der Waals surface area contributed by atoms with Crippen molar-refractivity contribution >= 4 is 17.2 Å². The third-order valence-electron chi connectivity index (χ3n) is 5.14. The first-order chi connectivity index (χ1) is 14.0. The van der Waals surface area contributed by atoms with Gasteiger partial charge < -0.3 is 23.8 Å². The predicted octanol–water partition coefficient (Wildman–Crippen LogP) is 3.51. The number of pyridine rings is 1. The summed E-state index contributed by atoms with van der Waals surface area (Å²) in [6.07, 6.45) is 5.36. The molecule has 3 aromatic heterocycles. The van der Waals surface area contributed by atoms with Gasteiger partial charge in [-0.15, -0.1) is 0 Å². The summed E-state index contributed by atoms with van der Waals surface area (Å²) >= 11 is 0. The summed E-state index contributed by atoms with van der Waals surface area (Å²) in [7, 11) is 0. The molecule has 0 spiro atoms. The number of ether oxygens (including phenoxy) is 2. The van der Waals surface area contributed by atoms with Crippen molar-refractivity contribution < 1.29 is 14.3 Å². The smallest absolute Gasteiger partial charge is 0.338 e. The van der Waals surface area contributed by atoms with E-state index in [2.05, 4.69) is 25.8 Å². The number of fused-ring (bicyclic) bond motifs is 1. The molecule has 1 aliphatic rings. The van der Waals surface area contributed by atoms with Crippen molar-refractivity contribution in [2.75, 3.05) is 26.3 Å². The molecule has 0 aromatic carbocycles. The number of imidazole rings is 1. The van der Waals surface area contributed by atoms with E-state index in [1.54, 1.807) is 12.4 Å². The number of aromatic amines is 1. The average molecular weight is 394 g/mol. The molecule has 7 heteroatoms. The van der Waals surface area contributed by atoms with Crippen LogP contribution in [-0.4, -0.2) is 57.6 Å². The van der Waals surface area contributed by atoms with Crippen LogP contribution in [0.5, 0.6) is 0 Å². The fourth-order valence-electron chi connectivity index (χ4n) is 3.73. The Labute approximate surface area is 170 Å². The van der Waals surface area contributed by atoms with E-state index >= 15 is 0 Å². The van der Waals surface area contributed by atoms with Crippen molar-refractivity contribution in [3.8, 4) is 11.4 Å². The molecule has 0 atom stereocenters. The number of carbonyl (C=O) groups is 1. The standard InChI is InChI=1S/C22H26N4O3/c1-14(2)29-22(27)19-12-18-11-17(21-23-5-6-24-21)13-26(18)20(15(19)3)16(4)25-7-9-28-10-8-25/h5-6,11-14H,4,7-10H2,1-3H3,(H,23,24). The maximum Gasteiger partial charge on any atom is 0.338 e. The number of hydrogen-bond donors (Lipinski definition) is 1. The monoisotopic (exact) mass is 394 g/mol. The van der Waals surface area contributed by atoms with Crippen molar-refractivity contribution in [3.63, 3.8) is 0 Å². The lowest BCUT2D eigenvalue weighted by Gasteiger charge is -2.31. The highest BCUT2D eigenvalue weighted by atomic mass is 16.5. The summed E-state index contributed by atoms with van der Waals surface area (Å²) < 4.78 is 13.1. The first-order valence-corrected chi connectivity index (χ1v) is 9.84. The second-order valence-corrected chi connectivity index (χ2v) is 7.49. The molecule has 0 radical (unpaired) electrons. The first-order valence-electron chi connectivity index (χ1n) is 9.84. The van der Waals surface area contributed by atoms with Gasteiger partial charge in [-0.3, -0.25) is 0 Å². The van der Waals surface area contributed by atoms with Crippen LogP contribution in [-0.2, 0) is 9.47 Å². The third kappa shape index (κ3) is 3.65. The summed E-state index contributed by atoms with van der Waals surface area (Å²) in [5.41, 5.74) is 5.01. The molecule has 1 aliphatic heterocycles. The van der Waals surface area contributed by atoms with E-state index in [-0.39, 0.29) is 12.1 Å². The molecule has 1 fully saturated rings. The number of esters is 1. The first kappa shape index (κ1) is 19.3. The van der Waals surface area contributed by atoms with Gasteiger partial charge in [0.1, 0.15) is 5.82 Å². The van der Waals surface area contributed by atoms with Crippen LogP contribution in [0.15, 0.2) is 37.3 Å². The number of rotatable bonds is 5. The second-order valence-electron chi connectivity index (χ2n) is 7.49. The van der Waals surface area contributed by atoms with E-state index in [0.29, 0.717) is 18.8 Å². The summed E-state index contributed by atoms with van der Waals surface area (Å²) in [5.74, 6) is 0.456. The second kappa shape index (κ2) is 7.75. The van der Waals surface area contributed by atoms with Gasteiger partial charge in [-0.1, -0.05) is 6.58 Å². The van der Waals surface area contributed by atoms with Crippen molar-refractivity contribution in [3.05, 3.63) is 54.1 Å². The molecular weight excluding hydrogens is 368 g/mol.